The maximum atomic E-state index is 12.4. The first-order chi connectivity index (χ1) is 11.5. The monoisotopic (exact) mass is 327 g/mol. The fraction of sp³-hybridized carbons (Fsp3) is 0.235. The molecule has 0 saturated heterocycles. The number of esters is 1. The van der Waals surface area contributed by atoms with Gasteiger partial charge >= 0.3 is 5.97 Å². The van der Waals surface area contributed by atoms with Crippen LogP contribution >= 0.6 is 0 Å². The predicted molar refractivity (Wildman–Crippen MR) is 88.7 cm³/mol. The second kappa shape index (κ2) is 6.19. The average Bonchev–Trinajstić information content (AvgIpc) is 2.92. The Balaban J connectivity index is 2.17. The maximum Gasteiger partial charge on any atom is 0.311 e. The highest BCUT2D eigenvalue weighted by atomic mass is 16.5. The molecular formula is C17H17N3O4. The molecule has 0 aliphatic carbocycles. The summed E-state index contributed by atoms with van der Waals surface area (Å²) in [6.07, 6.45) is -0.00544. The lowest BCUT2D eigenvalue weighted by Crippen LogP contribution is -2.11. The Kier molecular flexibility index (Phi) is 4.07. The molecule has 0 unspecified atom stereocenters. The van der Waals surface area contributed by atoms with Crippen LogP contribution in [0.3, 0.4) is 0 Å². The van der Waals surface area contributed by atoms with Crippen LogP contribution in [-0.4, -0.2) is 35.0 Å². The number of aromatic amines is 1. The van der Waals surface area contributed by atoms with Crippen molar-refractivity contribution in [3.8, 4) is 11.4 Å². The fourth-order valence-corrected chi connectivity index (χ4v) is 2.59. The van der Waals surface area contributed by atoms with Gasteiger partial charge in [-0.15, -0.1) is 0 Å². The van der Waals surface area contributed by atoms with Gasteiger partial charge in [0.1, 0.15) is 11.4 Å². The van der Waals surface area contributed by atoms with E-state index in [1.165, 1.54) is 13.2 Å². The Bertz CT molecular complexity index is 954. The second-order valence-corrected chi connectivity index (χ2v) is 5.33. The number of aryl methyl sites for hydroxylation is 1. The fourth-order valence-electron chi connectivity index (χ4n) is 2.59. The number of nitrogens with zero attached hydrogens (tertiary/aromatic N) is 2. The normalized spacial score (nSPS) is 10.8. The number of aromatic nitrogens is 3. The van der Waals surface area contributed by atoms with Crippen molar-refractivity contribution in [2.75, 3.05) is 14.2 Å². The molecule has 0 bridgehead atoms. The van der Waals surface area contributed by atoms with Gasteiger partial charge in [-0.05, 0) is 31.2 Å². The number of pyridine rings is 1. The molecule has 24 heavy (non-hydrogen) atoms. The summed E-state index contributed by atoms with van der Waals surface area (Å²) in [5, 5.41) is 4.94. The first-order valence-electron chi connectivity index (χ1n) is 7.36. The van der Waals surface area contributed by atoms with Gasteiger partial charge in [0, 0.05) is 11.8 Å². The third-order valence-corrected chi connectivity index (χ3v) is 3.77. The van der Waals surface area contributed by atoms with Crippen LogP contribution in [0.15, 0.2) is 35.1 Å². The maximum absolute atomic E-state index is 12.4. The Hall–Kier alpha value is -3.09. The summed E-state index contributed by atoms with van der Waals surface area (Å²) in [7, 11) is 2.91. The van der Waals surface area contributed by atoms with Gasteiger partial charge in [0.15, 0.2) is 5.43 Å². The molecule has 2 heterocycles. The Morgan fingerprint density at radius 3 is 2.58 bits per heavy atom. The zero-order chi connectivity index (χ0) is 17.3. The summed E-state index contributed by atoms with van der Waals surface area (Å²) in [5.41, 5.74) is 2.24. The van der Waals surface area contributed by atoms with E-state index in [0.29, 0.717) is 22.4 Å². The number of rotatable bonds is 4. The molecule has 7 nitrogen and oxygen atoms in total. The molecule has 1 N–H and O–H groups in total. The van der Waals surface area contributed by atoms with Crippen molar-refractivity contribution < 1.29 is 14.3 Å². The van der Waals surface area contributed by atoms with Crippen LogP contribution in [-0.2, 0) is 16.0 Å². The number of H-pyrrole nitrogens is 1. The number of fused-ring (bicyclic) bond motifs is 1. The molecule has 0 atom stereocenters. The van der Waals surface area contributed by atoms with Crippen molar-refractivity contribution >= 4 is 17.0 Å². The van der Waals surface area contributed by atoms with Crippen LogP contribution in [0.1, 0.15) is 11.4 Å². The number of carbonyl (C=O) groups is 1. The topological polar surface area (TPSA) is 86.2 Å². The first-order valence-corrected chi connectivity index (χ1v) is 7.36. The highest BCUT2D eigenvalue weighted by Gasteiger charge is 2.15. The van der Waals surface area contributed by atoms with E-state index in [9.17, 15) is 9.59 Å². The van der Waals surface area contributed by atoms with Gasteiger partial charge in [0.25, 0.3) is 0 Å². The molecule has 0 amide bonds. The molecule has 124 valence electrons. The van der Waals surface area contributed by atoms with E-state index in [1.54, 1.807) is 18.7 Å². The van der Waals surface area contributed by atoms with Gasteiger partial charge < -0.3 is 14.5 Å². The molecule has 3 aromatic rings. The van der Waals surface area contributed by atoms with Crippen LogP contribution in [0.5, 0.6) is 5.75 Å². The average molecular weight is 327 g/mol. The number of ether oxygens (including phenoxy) is 2. The summed E-state index contributed by atoms with van der Waals surface area (Å²) < 4.78 is 11.5. The summed E-state index contributed by atoms with van der Waals surface area (Å²) in [5.74, 6) is 0.309. The number of nitrogens with one attached hydrogen (secondary N) is 1. The van der Waals surface area contributed by atoms with E-state index < -0.39 is 5.97 Å². The Labute approximate surface area is 137 Å². The largest absolute Gasteiger partial charge is 0.497 e. The van der Waals surface area contributed by atoms with Gasteiger partial charge in [-0.25, -0.2) is 4.68 Å². The van der Waals surface area contributed by atoms with Crippen LogP contribution in [0, 0.1) is 6.92 Å². The highest BCUT2D eigenvalue weighted by molar-refractivity contribution is 5.81. The molecule has 0 radical (unpaired) electrons. The summed E-state index contributed by atoms with van der Waals surface area (Å²) in [6.45, 7) is 1.78. The van der Waals surface area contributed by atoms with Crippen LogP contribution < -0.4 is 10.2 Å². The SMILES string of the molecule is COC(=O)Cc1cc(=O)c2c(C)nn(-c3ccc(OC)cc3)c2[nH]1. The van der Waals surface area contributed by atoms with Crippen molar-refractivity contribution in [3.05, 3.63) is 51.9 Å². The molecule has 0 aliphatic rings. The summed E-state index contributed by atoms with van der Waals surface area (Å²) >= 11 is 0. The molecule has 2 aromatic heterocycles. The van der Waals surface area contributed by atoms with Crippen molar-refractivity contribution in [1.29, 1.82) is 0 Å². The van der Waals surface area contributed by atoms with E-state index >= 15 is 0 Å². The lowest BCUT2D eigenvalue weighted by atomic mass is 10.2. The van der Waals surface area contributed by atoms with E-state index in [0.717, 1.165) is 11.4 Å². The first kappa shape index (κ1) is 15.8. The van der Waals surface area contributed by atoms with Gasteiger partial charge in [0.2, 0.25) is 0 Å². The highest BCUT2D eigenvalue weighted by Crippen LogP contribution is 2.20. The minimum atomic E-state index is -0.419. The number of methoxy groups -OCH3 is 2. The quantitative estimate of drug-likeness (QED) is 0.738. The number of benzene rings is 1. The molecule has 1 aromatic carbocycles. The molecule has 0 spiro atoms. The van der Waals surface area contributed by atoms with Crippen molar-refractivity contribution in [2.45, 2.75) is 13.3 Å². The second-order valence-electron chi connectivity index (χ2n) is 5.33. The number of carbonyl (C=O) groups excluding carboxylic acids is 1. The molecule has 7 heteroatoms. The van der Waals surface area contributed by atoms with Crippen LogP contribution in [0.2, 0.25) is 0 Å². The van der Waals surface area contributed by atoms with Gasteiger partial charge in [0.05, 0.1) is 37.4 Å². The van der Waals surface area contributed by atoms with E-state index in [4.69, 9.17) is 4.74 Å². The van der Waals surface area contributed by atoms with Gasteiger partial charge in [-0.3, -0.25) is 9.59 Å². The molecule has 0 aliphatic heterocycles. The zero-order valence-corrected chi connectivity index (χ0v) is 13.6. The van der Waals surface area contributed by atoms with Gasteiger partial charge in [-0.2, -0.15) is 5.10 Å². The predicted octanol–water partition coefficient (Wildman–Crippen LogP) is 1.75. The van der Waals surface area contributed by atoms with Crippen LogP contribution in [0.4, 0.5) is 0 Å². The summed E-state index contributed by atoms with van der Waals surface area (Å²) in [6, 6.07) is 8.72. The standard InChI is InChI=1S/C17H17N3O4/c1-10-16-14(21)8-11(9-15(22)24-3)18-17(16)20(19-10)12-4-6-13(23-2)7-5-12/h4-8H,9H2,1-3H3,(H,18,21). The van der Waals surface area contributed by atoms with Gasteiger partial charge in [-0.1, -0.05) is 0 Å². The number of hydrogen-bond acceptors (Lipinski definition) is 5. The Morgan fingerprint density at radius 2 is 1.96 bits per heavy atom. The molecule has 0 saturated carbocycles. The lowest BCUT2D eigenvalue weighted by Gasteiger charge is -2.06. The minimum Gasteiger partial charge on any atom is -0.497 e. The molecule has 3 rings (SSSR count). The van der Waals surface area contributed by atoms with Crippen molar-refractivity contribution in [3.63, 3.8) is 0 Å². The van der Waals surface area contributed by atoms with E-state index in [1.807, 2.05) is 24.3 Å². The van der Waals surface area contributed by atoms with E-state index in [-0.39, 0.29) is 11.8 Å². The Morgan fingerprint density at radius 1 is 1.25 bits per heavy atom. The van der Waals surface area contributed by atoms with E-state index in [2.05, 4.69) is 14.8 Å². The third kappa shape index (κ3) is 2.76. The molecule has 0 fully saturated rings. The third-order valence-electron chi connectivity index (χ3n) is 3.77. The summed E-state index contributed by atoms with van der Waals surface area (Å²) in [4.78, 5) is 27.0. The van der Waals surface area contributed by atoms with Crippen LogP contribution in [0.25, 0.3) is 16.7 Å². The smallest absolute Gasteiger partial charge is 0.311 e. The lowest BCUT2D eigenvalue weighted by molar-refractivity contribution is -0.139. The van der Waals surface area contributed by atoms with Crippen molar-refractivity contribution in [1.82, 2.24) is 14.8 Å². The zero-order valence-electron chi connectivity index (χ0n) is 13.6. The minimum absolute atomic E-state index is 0.00544. The van der Waals surface area contributed by atoms with Crippen molar-refractivity contribution in [2.24, 2.45) is 0 Å². The molecular weight excluding hydrogens is 310 g/mol. The number of hydrogen-bond donors (Lipinski definition) is 1.